The first-order valence-corrected chi connectivity index (χ1v) is 9.12. The second-order valence-corrected chi connectivity index (χ2v) is 8.33. The highest BCUT2D eigenvalue weighted by molar-refractivity contribution is 7.20. The minimum Gasteiger partial charge on any atom is -0.311 e. The minimum absolute atomic E-state index is 0.346. The summed E-state index contributed by atoms with van der Waals surface area (Å²) in [5.74, 6) is 0. The van der Waals surface area contributed by atoms with Crippen LogP contribution >= 0.6 is 34.5 Å². The summed E-state index contributed by atoms with van der Waals surface area (Å²) in [6.45, 7) is 5.58. The SMILES string of the molecule is CCN(C1CC2CCC(C1)N2)C(C)c1cc(Cl)sc1Cl. The molecular formula is C15H22Cl2N2S. The number of halogens is 2. The summed E-state index contributed by atoms with van der Waals surface area (Å²) < 4.78 is 1.64. The van der Waals surface area contributed by atoms with Gasteiger partial charge in [-0.3, -0.25) is 4.90 Å². The van der Waals surface area contributed by atoms with Crippen molar-refractivity contribution in [1.82, 2.24) is 10.2 Å². The van der Waals surface area contributed by atoms with Crippen LogP contribution in [0.1, 0.15) is 51.1 Å². The first-order chi connectivity index (χ1) is 9.58. The summed E-state index contributed by atoms with van der Waals surface area (Å²) in [5.41, 5.74) is 1.19. The normalized spacial score (nSPS) is 30.9. The molecule has 1 aromatic heterocycles. The van der Waals surface area contributed by atoms with E-state index >= 15 is 0 Å². The summed E-state index contributed by atoms with van der Waals surface area (Å²) in [5, 5.41) is 3.72. The van der Waals surface area contributed by atoms with Gasteiger partial charge in [0.25, 0.3) is 0 Å². The van der Waals surface area contributed by atoms with E-state index < -0.39 is 0 Å². The molecule has 0 amide bonds. The van der Waals surface area contributed by atoms with Crippen LogP contribution in [0.4, 0.5) is 0 Å². The number of fused-ring (bicyclic) bond motifs is 2. The Kier molecular flexibility index (Phi) is 4.63. The fraction of sp³-hybridized carbons (Fsp3) is 0.733. The number of thiophene rings is 1. The fourth-order valence-electron chi connectivity index (χ4n) is 3.96. The maximum atomic E-state index is 6.34. The fourth-order valence-corrected chi connectivity index (χ4v) is 5.60. The molecule has 1 N–H and O–H groups in total. The topological polar surface area (TPSA) is 15.3 Å². The van der Waals surface area contributed by atoms with E-state index in [1.807, 2.05) is 6.07 Å². The molecule has 3 heterocycles. The maximum Gasteiger partial charge on any atom is 0.0991 e. The second-order valence-electron chi connectivity index (χ2n) is 6.05. The molecule has 5 heteroatoms. The number of hydrogen-bond donors (Lipinski definition) is 1. The van der Waals surface area contributed by atoms with Crippen LogP contribution < -0.4 is 5.32 Å². The van der Waals surface area contributed by atoms with Crippen LogP contribution in [0.25, 0.3) is 0 Å². The van der Waals surface area contributed by atoms with E-state index in [-0.39, 0.29) is 0 Å². The van der Waals surface area contributed by atoms with E-state index in [0.717, 1.165) is 27.3 Å². The highest BCUT2D eigenvalue weighted by atomic mass is 35.5. The van der Waals surface area contributed by atoms with E-state index in [0.29, 0.717) is 12.1 Å². The summed E-state index contributed by atoms with van der Waals surface area (Å²) >= 11 is 13.9. The first kappa shape index (κ1) is 15.1. The predicted molar refractivity (Wildman–Crippen MR) is 88.1 cm³/mol. The zero-order valence-electron chi connectivity index (χ0n) is 12.0. The minimum atomic E-state index is 0.346. The quantitative estimate of drug-likeness (QED) is 0.858. The highest BCUT2D eigenvalue weighted by Crippen LogP contribution is 2.39. The van der Waals surface area contributed by atoms with Crippen LogP contribution in [0.2, 0.25) is 8.67 Å². The van der Waals surface area contributed by atoms with Gasteiger partial charge in [-0.2, -0.15) is 0 Å². The molecule has 0 aromatic carbocycles. The number of nitrogens with zero attached hydrogens (tertiary/aromatic N) is 1. The monoisotopic (exact) mass is 332 g/mol. The molecule has 0 saturated carbocycles. The first-order valence-electron chi connectivity index (χ1n) is 7.55. The van der Waals surface area contributed by atoms with Crippen molar-refractivity contribution in [3.05, 3.63) is 20.3 Å². The van der Waals surface area contributed by atoms with Gasteiger partial charge in [0.05, 0.1) is 8.67 Å². The van der Waals surface area contributed by atoms with Gasteiger partial charge < -0.3 is 5.32 Å². The molecule has 1 aromatic rings. The molecule has 112 valence electrons. The lowest BCUT2D eigenvalue weighted by atomic mass is 9.96. The molecule has 0 aliphatic carbocycles. The lowest BCUT2D eigenvalue weighted by molar-refractivity contribution is 0.108. The van der Waals surface area contributed by atoms with E-state index in [1.54, 1.807) is 0 Å². The van der Waals surface area contributed by atoms with Crippen LogP contribution in [-0.4, -0.2) is 29.6 Å². The Morgan fingerprint density at radius 1 is 1.35 bits per heavy atom. The third-order valence-electron chi connectivity index (χ3n) is 4.91. The molecular weight excluding hydrogens is 311 g/mol. The molecule has 2 fully saturated rings. The Bertz CT molecular complexity index is 464. The molecule has 3 rings (SSSR count). The molecule has 3 unspecified atom stereocenters. The van der Waals surface area contributed by atoms with Crippen molar-refractivity contribution in [1.29, 1.82) is 0 Å². The molecule has 20 heavy (non-hydrogen) atoms. The average Bonchev–Trinajstić information content (AvgIpc) is 2.92. The largest absolute Gasteiger partial charge is 0.311 e. The van der Waals surface area contributed by atoms with E-state index in [1.165, 1.54) is 42.6 Å². The zero-order chi connectivity index (χ0) is 14.3. The van der Waals surface area contributed by atoms with Crippen LogP contribution in [0.5, 0.6) is 0 Å². The summed E-state index contributed by atoms with van der Waals surface area (Å²) in [6.07, 6.45) is 5.23. The maximum absolute atomic E-state index is 6.34. The molecule has 2 bridgehead atoms. The van der Waals surface area contributed by atoms with Crippen molar-refractivity contribution in [2.24, 2.45) is 0 Å². The molecule has 2 aliphatic rings. The summed E-state index contributed by atoms with van der Waals surface area (Å²) in [7, 11) is 0. The Labute approximate surface area is 135 Å². The highest BCUT2D eigenvalue weighted by Gasteiger charge is 2.37. The van der Waals surface area contributed by atoms with Crippen molar-refractivity contribution in [3.63, 3.8) is 0 Å². The third kappa shape index (κ3) is 2.89. The van der Waals surface area contributed by atoms with E-state index in [2.05, 4.69) is 24.1 Å². The molecule has 0 radical (unpaired) electrons. The summed E-state index contributed by atoms with van der Waals surface area (Å²) in [6, 6.07) is 4.50. The smallest absolute Gasteiger partial charge is 0.0991 e. The van der Waals surface area contributed by atoms with Gasteiger partial charge in [0.2, 0.25) is 0 Å². The standard InChI is InChI=1S/C15H22Cl2N2S/c1-3-19(9(2)13-8-14(16)20-15(13)17)12-6-10-4-5-11(7-12)18-10/h8-12,18H,3-7H2,1-2H3. The van der Waals surface area contributed by atoms with Gasteiger partial charge >= 0.3 is 0 Å². The number of rotatable bonds is 4. The number of piperidine rings is 1. The van der Waals surface area contributed by atoms with E-state index in [9.17, 15) is 0 Å². The molecule has 2 aliphatic heterocycles. The van der Waals surface area contributed by atoms with Crippen molar-refractivity contribution >= 4 is 34.5 Å². The number of nitrogens with one attached hydrogen (secondary N) is 1. The molecule has 2 nitrogen and oxygen atoms in total. The average molecular weight is 333 g/mol. The molecule has 0 spiro atoms. The second kappa shape index (κ2) is 6.13. The van der Waals surface area contributed by atoms with Gasteiger partial charge in [-0.05, 0) is 45.2 Å². The summed E-state index contributed by atoms with van der Waals surface area (Å²) in [4.78, 5) is 2.61. The zero-order valence-corrected chi connectivity index (χ0v) is 14.4. The lowest BCUT2D eigenvalue weighted by Gasteiger charge is -2.40. The predicted octanol–water partition coefficient (Wildman–Crippen LogP) is 4.72. The van der Waals surface area contributed by atoms with Gasteiger partial charge in [0.15, 0.2) is 0 Å². The van der Waals surface area contributed by atoms with Crippen molar-refractivity contribution in [2.45, 2.75) is 63.7 Å². The molecule has 3 atom stereocenters. The van der Waals surface area contributed by atoms with Crippen LogP contribution in [0, 0.1) is 0 Å². The van der Waals surface area contributed by atoms with Gasteiger partial charge in [0, 0.05) is 29.7 Å². The Morgan fingerprint density at radius 3 is 2.50 bits per heavy atom. The van der Waals surface area contributed by atoms with E-state index in [4.69, 9.17) is 23.2 Å². The number of hydrogen-bond acceptors (Lipinski definition) is 3. The molecule has 2 saturated heterocycles. The van der Waals surface area contributed by atoms with Crippen molar-refractivity contribution in [3.8, 4) is 0 Å². The van der Waals surface area contributed by atoms with Gasteiger partial charge in [-0.25, -0.2) is 0 Å². The van der Waals surface area contributed by atoms with Gasteiger partial charge in [-0.15, -0.1) is 11.3 Å². The van der Waals surface area contributed by atoms with Gasteiger partial charge in [0.1, 0.15) is 0 Å². The van der Waals surface area contributed by atoms with Gasteiger partial charge in [-0.1, -0.05) is 30.1 Å². The van der Waals surface area contributed by atoms with Crippen LogP contribution in [0.15, 0.2) is 6.07 Å². The third-order valence-corrected chi connectivity index (χ3v) is 6.43. The van der Waals surface area contributed by atoms with Crippen molar-refractivity contribution in [2.75, 3.05) is 6.54 Å². The Hall–Kier alpha value is 0.200. The Morgan fingerprint density at radius 2 is 2.00 bits per heavy atom. The van der Waals surface area contributed by atoms with Crippen LogP contribution in [0.3, 0.4) is 0 Å². The van der Waals surface area contributed by atoms with Crippen LogP contribution in [-0.2, 0) is 0 Å². The lowest BCUT2D eigenvalue weighted by Crippen LogP contribution is -2.48. The Balaban J connectivity index is 1.77. The van der Waals surface area contributed by atoms with Crippen molar-refractivity contribution < 1.29 is 0 Å².